The largest absolute Gasteiger partial charge is 0.368 e. The van der Waals surface area contributed by atoms with Crippen molar-refractivity contribution in [3.05, 3.63) is 35.4 Å². The third kappa shape index (κ3) is 2.57. The van der Waals surface area contributed by atoms with E-state index in [4.69, 9.17) is 5.73 Å². The van der Waals surface area contributed by atoms with E-state index in [0.29, 0.717) is 0 Å². The van der Waals surface area contributed by atoms with Crippen molar-refractivity contribution in [2.75, 3.05) is 6.54 Å². The Hall–Kier alpha value is -1.35. The van der Waals surface area contributed by atoms with E-state index in [9.17, 15) is 4.79 Å². The quantitative estimate of drug-likeness (QED) is 0.751. The lowest BCUT2D eigenvalue weighted by atomic mass is 10.0. The highest BCUT2D eigenvalue weighted by Gasteiger charge is 2.15. The Bertz CT molecular complexity index is 306. The van der Waals surface area contributed by atoms with E-state index in [0.717, 1.165) is 12.1 Å². The number of hydrogen-bond donors (Lipinski definition) is 2. The Morgan fingerprint density at radius 2 is 2.00 bits per heavy atom. The molecule has 1 aromatic carbocycles. The van der Waals surface area contributed by atoms with Crippen LogP contribution in [-0.4, -0.2) is 12.5 Å². The van der Waals surface area contributed by atoms with Crippen LogP contribution >= 0.6 is 0 Å². The summed E-state index contributed by atoms with van der Waals surface area (Å²) in [4.78, 5) is 11.1. The molecule has 1 unspecified atom stereocenters. The molecule has 1 aromatic rings. The topological polar surface area (TPSA) is 55.1 Å². The van der Waals surface area contributed by atoms with Gasteiger partial charge in [0.1, 0.15) is 6.04 Å². The van der Waals surface area contributed by atoms with Gasteiger partial charge in [-0.1, -0.05) is 36.8 Å². The van der Waals surface area contributed by atoms with Crippen molar-refractivity contribution in [3.63, 3.8) is 0 Å². The van der Waals surface area contributed by atoms with Crippen LogP contribution in [0.1, 0.15) is 24.1 Å². The van der Waals surface area contributed by atoms with Crippen molar-refractivity contribution in [2.45, 2.75) is 19.9 Å². The molecule has 0 fully saturated rings. The molecule has 0 heterocycles. The lowest BCUT2D eigenvalue weighted by Gasteiger charge is -2.14. The van der Waals surface area contributed by atoms with Crippen molar-refractivity contribution >= 4 is 5.91 Å². The molecule has 0 saturated heterocycles. The molecule has 3 heteroatoms. The molecule has 0 aliphatic rings. The summed E-state index contributed by atoms with van der Waals surface area (Å²) in [5, 5.41) is 3.04. The van der Waals surface area contributed by atoms with Crippen molar-refractivity contribution in [1.29, 1.82) is 0 Å². The van der Waals surface area contributed by atoms with E-state index in [-0.39, 0.29) is 11.9 Å². The second-order valence-corrected chi connectivity index (χ2v) is 3.30. The lowest BCUT2D eigenvalue weighted by molar-refractivity contribution is -0.120. The standard InChI is InChI=1S/C11H16N2O/c1-3-13-10(11(12)14)9-6-4-8(2)5-7-9/h4-7,10,13H,3H2,1-2H3,(H2,12,14). The summed E-state index contributed by atoms with van der Waals surface area (Å²) in [6, 6.07) is 7.42. The van der Waals surface area contributed by atoms with E-state index in [1.807, 2.05) is 38.1 Å². The highest BCUT2D eigenvalue weighted by Crippen LogP contribution is 2.12. The fourth-order valence-corrected chi connectivity index (χ4v) is 1.35. The first kappa shape index (κ1) is 10.7. The molecule has 76 valence electrons. The molecule has 0 bridgehead atoms. The number of aryl methyl sites for hydroxylation is 1. The first-order valence-electron chi connectivity index (χ1n) is 4.74. The van der Waals surface area contributed by atoms with E-state index < -0.39 is 0 Å². The van der Waals surface area contributed by atoms with E-state index in [1.165, 1.54) is 5.56 Å². The average Bonchev–Trinajstić information content (AvgIpc) is 2.15. The maximum Gasteiger partial charge on any atom is 0.239 e. The number of hydrogen-bond acceptors (Lipinski definition) is 2. The van der Waals surface area contributed by atoms with Crippen molar-refractivity contribution < 1.29 is 4.79 Å². The number of nitrogens with one attached hydrogen (secondary N) is 1. The monoisotopic (exact) mass is 192 g/mol. The molecule has 0 radical (unpaired) electrons. The van der Waals surface area contributed by atoms with Gasteiger partial charge in [0.15, 0.2) is 0 Å². The Morgan fingerprint density at radius 3 is 2.43 bits per heavy atom. The highest BCUT2D eigenvalue weighted by atomic mass is 16.1. The Morgan fingerprint density at radius 1 is 1.43 bits per heavy atom. The summed E-state index contributed by atoms with van der Waals surface area (Å²) in [7, 11) is 0. The predicted octanol–water partition coefficient (Wildman–Crippen LogP) is 1.13. The smallest absolute Gasteiger partial charge is 0.239 e. The van der Waals surface area contributed by atoms with Gasteiger partial charge in [-0.05, 0) is 19.0 Å². The van der Waals surface area contributed by atoms with E-state index in [1.54, 1.807) is 0 Å². The molecule has 0 aromatic heterocycles. The zero-order valence-electron chi connectivity index (χ0n) is 8.58. The van der Waals surface area contributed by atoms with Crippen LogP contribution in [0.2, 0.25) is 0 Å². The zero-order chi connectivity index (χ0) is 10.6. The van der Waals surface area contributed by atoms with Gasteiger partial charge in [-0.15, -0.1) is 0 Å². The first-order chi connectivity index (χ1) is 6.65. The number of nitrogens with two attached hydrogens (primary N) is 1. The fraction of sp³-hybridized carbons (Fsp3) is 0.364. The van der Waals surface area contributed by atoms with Gasteiger partial charge in [-0.2, -0.15) is 0 Å². The number of primary amides is 1. The number of benzene rings is 1. The van der Waals surface area contributed by atoms with Crippen molar-refractivity contribution in [1.82, 2.24) is 5.32 Å². The third-order valence-electron chi connectivity index (χ3n) is 2.10. The van der Waals surface area contributed by atoms with Gasteiger partial charge in [0.25, 0.3) is 0 Å². The normalized spacial score (nSPS) is 12.4. The molecule has 0 aliphatic heterocycles. The van der Waals surface area contributed by atoms with Gasteiger partial charge in [0, 0.05) is 0 Å². The second-order valence-electron chi connectivity index (χ2n) is 3.30. The molecule has 1 rings (SSSR count). The lowest BCUT2D eigenvalue weighted by Crippen LogP contribution is -2.33. The van der Waals surface area contributed by atoms with Gasteiger partial charge in [-0.3, -0.25) is 4.79 Å². The Balaban J connectivity index is 2.87. The van der Waals surface area contributed by atoms with Gasteiger partial charge in [0.05, 0.1) is 0 Å². The minimum absolute atomic E-state index is 0.337. The fourth-order valence-electron chi connectivity index (χ4n) is 1.35. The molecule has 0 aliphatic carbocycles. The van der Waals surface area contributed by atoms with Crippen LogP contribution in [0.25, 0.3) is 0 Å². The van der Waals surface area contributed by atoms with Crippen LogP contribution in [0, 0.1) is 6.92 Å². The molecule has 3 nitrogen and oxygen atoms in total. The second kappa shape index (κ2) is 4.77. The molecule has 0 spiro atoms. The molecular formula is C11H16N2O. The summed E-state index contributed by atoms with van der Waals surface area (Å²) in [6.45, 7) is 4.68. The van der Waals surface area contributed by atoms with E-state index in [2.05, 4.69) is 5.32 Å². The Kier molecular flexibility index (Phi) is 3.65. The van der Waals surface area contributed by atoms with Crippen LogP contribution in [0.4, 0.5) is 0 Å². The van der Waals surface area contributed by atoms with Gasteiger partial charge in [0.2, 0.25) is 5.91 Å². The summed E-state index contributed by atoms with van der Waals surface area (Å²) in [5.41, 5.74) is 7.39. The van der Waals surface area contributed by atoms with Gasteiger partial charge < -0.3 is 11.1 Å². The Labute approximate surface area is 84.3 Å². The minimum atomic E-state index is -0.374. The summed E-state index contributed by atoms with van der Waals surface area (Å²) in [6.07, 6.45) is 0. The molecular weight excluding hydrogens is 176 g/mol. The third-order valence-corrected chi connectivity index (χ3v) is 2.10. The molecule has 0 saturated carbocycles. The molecule has 1 atom stereocenters. The number of amides is 1. The van der Waals surface area contributed by atoms with Gasteiger partial charge in [-0.25, -0.2) is 0 Å². The molecule has 3 N–H and O–H groups in total. The number of likely N-dealkylation sites (N-methyl/N-ethyl adjacent to an activating group) is 1. The maximum absolute atomic E-state index is 11.1. The summed E-state index contributed by atoms with van der Waals surface area (Å²) in [5.74, 6) is -0.337. The summed E-state index contributed by atoms with van der Waals surface area (Å²) < 4.78 is 0. The predicted molar refractivity (Wildman–Crippen MR) is 56.8 cm³/mol. The van der Waals surface area contributed by atoms with Gasteiger partial charge >= 0.3 is 0 Å². The van der Waals surface area contributed by atoms with Crippen LogP contribution in [0.5, 0.6) is 0 Å². The zero-order valence-corrected chi connectivity index (χ0v) is 8.58. The molecule has 1 amide bonds. The van der Waals surface area contributed by atoms with Crippen LogP contribution in [0.15, 0.2) is 24.3 Å². The number of carbonyl (C=O) groups is 1. The van der Waals surface area contributed by atoms with E-state index >= 15 is 0 Å². The SMILES string of the molecule is CCNC(C(N)=O)c1ccc(C)cc1. The van der Waals surface area contributed by atoms with Crippen LogP contribution in [-0.2, 0) is 4.79 Å². The number of carbonyl (C=O) groups excluding carboxylic acids is 1. The summed E-state index contributed by atoms with van der Waals surface area (Å²) >= 11 is 0. The molecule has 14 heavy (non-hydrogen) atoms. The van der Waals surface area contributed by atoms with Crippen LogP contribution in [0.3, 0.4) is 0 Å². The van der Waals surface area contributed by atoms with Crippen molar-refractivity contribution in [2.24, 2.45) is 5.73 Å². The maximum atomic E-state index is 11.1. The minimum Gasteiger partial charge on any atom is -0.368 e. The van der Waals surface area contributed by atoms with Crippen LogP contribution < -0.4 is 11.1 Å². The average molecular weight is 192 g/mol. The highest BCUT2D eigenvalue weighted by molar-refractivity contribution is 5.81. The number of rotatable bonds is 4. The first-order valence-corrected chi connectivity index (χ1v) is 4.74. The van der Waals surface area contributed by atoms with Crippen molar-refractivity contribution in [3.8, 4) is 0 Å².